The van der Waals surface area contributed by atoms with Gasteiger partial charge in [0, 0.05) is 6.42 Å². The Balaban J connectivity index is 2.17. The van der Waals surface area contributed by atoms with Gasteiger partial charge in [-0.25, -0.2) is 0 Å². The van der Waals surface area contributed by atoms with E-state index in [1.54, 1.807) is 0 Å². The van der Waals surface area contributed by atoms with E-state index in [1.165, 1.54) is 29.5 Å². The first-order valence-corrected chi connectivity index (χ1v) is 6.30. The summed E-state index contributed by atoms with van der Waals surface area (Å²) in [5.74, 6) is 0.439. The van der Waals surface area contributed by atoms with E-state index in [9.17, 15) is 5.11 Å². The Morgan fingerprint density at radius 2 is 2.06 bits per heavy atom. The molecule has 88 valence electrons. The van der Waals surface area contributed by atoms with E-state index in [-0.39, 0.29) is 0 Å². The number of aliphatic hydroxyl groups is 1. The van der Waals surface area contributed by atoms with Crippen molar-refractivity contribution < 1.29 is 5.11 Å². The van der Waals surface area contributed by atoms with Gasteiger partial charge in [-0.05, 0) is 49.3 Å². The molecule has 0 radical (unpaired) electrons. The highest BCUT2D eigenvalue weighted by Crippen LogP contribution is 2.37. The molecule has 1 aliphatic carbocycles. The molecule has 16 heavy (non-hydrogen) atoms. The molecule has 2 unspecified atom stereocenters. The molecule has 1 aromatic rings. The van der Waals surface area contributed by atoms with Crippen molar-refractivity contribution in [1.82, 2.24) is 0 Å². The fraction of sp³-hybridized carbons (Fsp3) is 0.600. The maximum absolute atomic E-state index is 10.6. The quantitative estimate of drug-likeness (QED) is 0.806. The van der Waals surface area contributed by atoms with Gasteiger partial charge in [0.2, 0.25) is 0 Å². The molecule has 1 fully saturated rings. The lowest BCUT2D eigenvalue weighted by Gasteiger charge is -2.28. The van der Waals surface area contributed by atoms with Crippen molar-refractivity contribution in [2.75, 3.05) is 0 Å². The standard InChI is InChI=1S/C15H22O/c1-11-6-7-14(9-12(11)2)10-15(16)8-4-5-13(15)3/h6-7,9,13,16H,4-5,8,10H2,1-3H3. The average Bonchev–Trinajstić information content (AvgIpc) is 2.53. The molecule has 1 aliphatic rings. The fourth-order valence-electron chi connectivity index (χ4n) is 2.76. The summed E-state index contributed by atoms with van der Waals surface area (Å²) in [6.45, 7) is 6.45. The number of benzene rings is 1. The minimum absolute atomic E-state index is 0.439. The Labute approximate surface area is 98.5 Å². The van der Waals surface area contributed by atoms with E-state index in [0.717, 1.165) is 12.8 Å². The van der Waals surface area contributed by atoms with Crippen LogP contribution < -0.4 is 0 Å². The average molecular weight is 218 g/mol. The van der Waals surface area contributed by atoms with Crippen LogP contribution in [0.15, 0.2) is 18.2 Å². The zero-order valence-corrected chi connectivity index (χ0v) is 10.6. The van der Waals surface area contributed by atoms with Crippen molar-refractivity contribution in [2.45, 2.75) is 52.1 Å². The third-order valence-electron chi connectivity index (χ3n) is 4.25. The van der Waals surface area contributed by atoms with Gasteiger partial charge in [-0.2, -0.15) is 0 Å². The lowest BCUT2D eigenvalue weighted by molar-refractivity contribution is 0.00959. The maximum atomic E-state index is 10.6. The van der Waals surface area contributed by atoms with Crippen LogP contribution in [0, 0.1) is 19.8 Å². The van der Waals surface area contributed by atoms with Gasteiger partial charge in [0.05, 0.1) is 5.60 Å². The summed E-state index contributed by atoms with van der Waals surface area (Å²) < 4.78 is 0. The largest absolute Gasteiger partial charge is 0.389 e. The van der Waals surface area contributed by atoms with Crippen molar-refractivity contribution in [1.29, 1.82) is 0 Å². The van der Waals surface area contributed by atoms with Crippen molar-refractivity contribution in [3.05, 3.63) is 34.9 Å². The Morgan fingerprint density at radius 1 is 1.31 bits per heavy atom. The Hall–Kier alpha value is -0.820. The van der Waals surface area contributed by atoms with Gasteiger partial charge in [0.15, 0.2) is 0 Å². The second-order valence-corrected chi connectivity index (χ2v) is 5.49. The zero-order valence-electron chi connectivity index (χ0n) is 10.6. The first-order chi connectivity index (χ1) is 7.51. The van der Waals surface area contributed by atoms with Crippen LogP contribution in [-0.2, 0) is 6.42 Å². The highest BCUT2D eigenvalue weighted by molar-refractivity contribution is 5.31. The van der Waals surface area contributed by atoms with E-state index in [2.05, 4.69) is 39.0 Å². The Morgan fingerprint density at radius 3 is 2.62 bits per heavy atom. The van der Waals surface area contributed by atoms with Crippen LogP contribution >= 0.6 is 0 Å². The van der Waals surface area contributed by atoms with Crippen molar-refractivity contribution in [3.63, 3.8) is 0 Å². The molecule has 1 heteroatoms. The summed E-state index contributed by atoms with van der Waals surface area (Å²) in [7, 11) is 0. The molecule has 0 heterocycles. The van der Waals surface area contributed by atoms with Gasteiger partial charge in [-0.1, -0.05) is 31.5 Å². The molecule has 0 bridgehead atoms. The highest BCUT2D eigenvalue weighted by atomic mass is 16.3. The van der Waals surface area contributed by atoms with E-state index in [0.29, 0.717) is 5.92 Å². The summed E-state index contributed by atoms with van der Waals surface area (Å²) in [6.07, 6.45) is 4.11. The van der Waals surface area contributed by atoms with Gasteiger partial charge in [0.25, 0.3) is 0 Å². The van der Waals surface area contributed by atoms with Gasteiger partial charge in [-0.3, -0.25) is 0 Å². The summed E-state index contributed by atoms with van der Waals surface area (Å²) >= 11 is 0. The first-order valence-electron chi connectivity index (χ1n) is 6.30. The predicted molar refractivity (Wildman–Crippen MR) is 67.6 cm³/mol. The molecule has 0 amide bonds. The number of hydrogen-bond acceptors (Lipinski definition) is 1. The zero-order chi connectivity index (χ0) is 11.8. The molecular weight excluding hydrogens is 196 g/mol. The molecule has 1 saturated carbocycles. The van der Waals surface area contributed by atoms with Gasteiger partial charge in [-0.15, -0.1) is 0 Å². The van der Waals surface area contributed by atoms with Gasteiger partial charge >= 0.3 is 0 Å². The highest BCUT2D eigenvalue weighted by Gasteiger charge is 2.37. The Kier molecular flexibility index (Phi) is 3.07. The van der Waals surface area contributed by atoms with Crippen LogP contribution in [0.2, 0.25) is 0 Å². The second kappa shape index (κ2) is 4.21. The van der Waals surface area contributed by atoms with Gasteiger partial charge < -0.3 is 5.11 Å². The topological polar surface area (TPSA) is 20.2 Å². The minimum atomic E-state index is -0.457. The molecule has 1 aromatic carbocycles. The lowest BCUT2D eigenvalue weighted by Crippen LogP contribution is -2.34. The first kappa shape index (κ1) is 11.7. The number of hydrogen-bond donors (Lipinski definition) is 1. The summed E-state index contributed by atoms with van der Waals surface area (Å²) in [5.41, 5.74) is 3.48. The van der Waals surface area contributed by atoms with Crippen LogP contribution in [0.4, 0.5) is 0 Å². The molecule has 0 spiro atoms. The van der Waals surface area contributed by atoms with E-state index in [4.69, 9.17) is 0 Å². The molecule has 0 aliphatic heterocycles. The third kappa shape index (κ3) is 2.15. The molecule has 0 aromatic heterocycles. The van der Waals surface area contributed by atoms with Crippen molar-refractivity contribution in [3.8, 4) is 0 Å². The second-order valence-electron chi connectivity index (χ2n) is 5.49. The van der Waals surface area contributed by atoms with Crippen LogP contribution in [0.25, 0.3) is 0 Å². The van der Waals surface area contributed by atoms with E-state index < -0.39 is 5.60 Å². The number of aryl methyl sites for hydroxylation is 2. The van der Waals surface area contributed by atoms with E-state index >= 15 is 0 Å². The Bertz CT molecular complexity index is 383. The molecule has 2 atom stereocenters. The summed E-state index contributed by atoms with van der Waals surface area (Å²) in [5, 5.41) is 10.6. The van der Waals surface area contributed by atoms with Crippen molar-refractivity contribution >= 4 is 0 Å². The third-order valence-corrected chi connectivity index (χ3v) is 4.25. The van der Waals surface area contributed by atoms with E-state index in [1.807, 2.05) is 0 Å². The normalized spacial score (nSPS) is 29.6. The molecule has 1 N–H and O–H groups in total. The van der Waals surface area contributed by atoms with Crippen LogP contribution in [0.5, 0.6) is 0 Å². The maximum Gasteiger partial charge on any atom is 0.0713 e. The smallest absolute Gasteiger partial charge is 0.0713 e. The van der Waals surface area contributed by atoms with Crippen molar-refractivity contribution in [2.24, 2.45) is 5.92 Å². The fourth-order valence-corrected chi connectivity index (χ4v) is 2.76. The summed E-state index contributed by atoms with van der Waals surface area (Å²) in [4.78, 5) is 0. The number of rotatable bonds is 2. The summed E-state index contributed by atoms with van der Waals surface area (Å²) in [6, 6.07) is 6.54. The lowest BCUT2D eigenvalue weighted by atomic mass is 9.85. The van der Waals surface area contributed by atoms with Crippen LogP contribution in [0.1, 0.15) is 42.9 Å². The molecule has 0 saturated heterocycles. The molecule has 2 rings (SSSR count). The molecule has 1 nitrogen and oxygen atoms in total. The molecular formula is C15H22O. The minimum Gasteiger partial charge on any atom is -0.389 e. The predicted octanol–water partition coefficient (Wildman–Crippen LogP) is 3.40. The van der Waals surface area contributed by atoms with Crippen LogP contribution in [-0.4, -0.2) is 10.7 Å². The van der Waals surface area contributed by atoms with Crippen LogP contribution in [0.3, 0.4) is 0 Å². The van der Waals surface area contributed by atoms with Gasteiger partial charge in [0.1, 0.15) is 0 Å². The monoisotopic (exact) mass is 218 g/mol. The SMILES string of the molecule is Cc1ccc(CC2(O)CCCC2C)cc1C.